The fraction of sp³-hybridized carbons (Fsp3) is 0.444. The summed E-state index contributed by atoms with van der Waals surface area (Å²) in [6.45, 7) is 6.41. The molecule has 7 heteroatoms. The summed E-state index contributed by atoms with van der Waals surface area (Å²) >= 11 is 0. The molecular formula is C27H34N2O5. The number of alkyl carbamates (subject to hydrolysis) is 1. The van der Waals surface area contributed by atoms with E-state index in [0.717, 1.165) is 17.5 Å². The maximum Gasteiger partial charge on any atom is 0.407 e. The van der Waals surface area contributed by atoms with Crippen LogP contribution in [0.3, 0.4) is 0 Å². The Bertz CT molecular complexity index is 974. The Morgan fingerprint density at radius 2 is 1.62 bits per heavy atom. The van der Waals surface area contributed by atoms with Gasteiger partial charge >= 0.3 is 12.1 Å². The maximum atomic E-state index is 12.6. The summed E-state index contributed by atoms with van der Waals surface area (Å²) < 4.78 is 5.60. The van der Waals surface area contributed by atoms with Gasteiger partial charge in [-0.2, -0.15) is 0 Å². The van der Waals surface area contributed by atoms with E-state index in [9.17, 15) is 14.4 Å². The number of amides is 2. The second-order valence-corrected chi connectivity index (χ2v) is 9.21. The van der Waals surface area contributed by atoms with Crippen LogP contribution in [-0.2, 0) is 14.3 Å². The fourth-order valence-corrected chi connectivity index (χ4v) is 4.70. The first kappa shape index (κ1) is 25.3. The first-order valence-corrected chi connectivity index (χ1v) is 11.9. The summed E-state index contributed by atoms with van der Waals surface area (Å²) in [4.78, 5) is 37.5. The van der Waals surface area contributed by atoms with Crippen LogP contribution in [0.15, 0.2) is 48.5 Å². The monoisotopic (exact) mass is 466 g/mol. The number of benzene rings is 2. The first-order valence-electron chi connectivity index (χ1n) is 11.9. The highest BCUT2D eigenvalue weighted by Crippen LogP contribution is 2.44. The molecule has 2 aromatic rings. The lowest BCUT2D eigenvalue weighted by atomic mass is 9.93. The predicted molar refractivity (Wildman–Crippen MR) is 131 cm³/mol. The summed E-state index contributed by atoms with van der Waals surface area (Å²) in [5, 5.41) is 11.8. The number of hydrogen-bond donors (Lipinski definition) is 2. The Morgan fingerprint density at radius 1 is 1.03 bits per heavy atom. The van der Waals surface area contributed by atoms with Crippen molar-refractivity contribution in [2.24, 2.45) is 11.8 Å². The third kappa shape index (κ3) is 6.37. The van der Waals surface area contributed by atoms with Crippen molar-refractivity contribution < 1.29 is 24.2 Å². The fourth-order valence-electron chi connectivity index (χ4n) is 4.70. The van der Waals surface area contributed by atoms with Crippen molar-refractivity contribution in [3.63, 3.8) is 0 Å². The second-order valence-electron chi connectivity index (χ2n) is 9.21. The molecule has 2 aromatic carbocycles. The summed E-state index contributed by atoms with van der Waals surface area (Å²) in [7, 11) is 0. The van der Waals surface area contributed by atoms with Gasteiger partial charge < -0.3 is 20.1 Å². The van der Waals surface area contributed by atoms with Crippen molar-refractivity contribution in [2.75, 3.05) is 26.2 Å². The zero-order valence-electron chi connectivity index (χ0n) is 20.1. The average Bonchev–Trinajstić information content (AvgIpc) is 3.12. The zero-order chi connectivity index (χ0) is 24.7. The van der Waals surface area contributed by atoms with E-state index in [2.05, 4.69) is 43.4 Å². The predicted octanol–water partition coefficient (Wildman–Crippen LogP) is 4.51. The lowest BCUT2D eigenvalue weighted by Crippen LogP contribution is -2.38. The van der Waals surface area contributed by atoms with Gasteiger partial charge in [0, 0.05) is 25.4 Å². The van der Waals surface area contributed by atoms with E-state index >= 15 is 0 Å². The SMILES string of the molecule is CCN(CC(=O)O)C(=O)C[C@@H](CNC(=O)OCC1c2ccccc2-c2ccccc21)CC(C)C. The molecule has 0 fully saturated rings. The maximum absolute atomic E-state index is 12.6. The zero-order valence-corrected chi connectivity index (χ0v) is 20.1. The molecule has 1 atom stereocenters. The molecule has 3 rings (SSSR count). The number of nitrogens with one attached hydrogen (secondary N) is 1. The number of carbonyl (C=O) groups excluding carboxylic acids is 2. The molecule has 182 valence electrons. The minimum absolute atomic E-state index is 0.0136. The van der Waals surface area contributed by atoms with Crippen LogP contribution < -0.4 is 5.32 Å². The molecule has 2 amide bonds. The number of likely N-dealkylation sites (N-methyl/N-ethyl adjacent to an activating group) is 1. The van der Waals surface area contributed by atoms with Crippen LogP contribution in [-0.4, -0.2) is 54.2 Å². The number of carboxylic acid groups (broad SMARTS) is 1. The number of fused-ring (bicyclic) bond motifs is 3. The van der Waals surface area contributed by atoms with Crippen LogP contribution in [0.5, 0.6) is 0 Å². The Kier molecular flexibility index (Phi) is 8.68. The summed E-state index contributed by atoms with van der Waals surface area (Å²) in [6, 6.07) is 16.3. The molecule has 2 N–H and O–H groups in total. The molecule has 34 heavy (non-hydrogen) atoms. The summed E-state index contributed by atoms with van der Waals surface area (Å²) in [5.74, 6) is -1.04. The third-order valence-corrected chi connectivity index (χ3v) is 6.21. The Morgan fingerprint density at radius 3 is 2.15 bits per heavy atom. The molecule has 1 aliphatic rings. The van der Waals surface area contributed by atoms with Gasteiger partial charge in [0.25, 0.3) is 0 Å². The molecule has 0 saturated heterocycles. The number of carboxylic acids is 1. The number of hydrogen-bond acceptors (Lipinski definition) is 4. The van der Waals surface area contributed by atoms with Crippen molar-refractivity contribution >= 4 is 18.0 Å². The smallest absolute Gasteiger partial charge is 0.407 e. The van der Waals surface area contributed by atoms with E-state index in [-0.39, 0.29) is 37.3 Å². The van der Waals surface area contributed by atoms with Crippen LogP contribution in [0.25, 0.3) is 11.1 Å². The summed E-state index contributed by atoms with van der Waals surface area (Å²) in [5.41, 5.74) is 4.64. The highest BCUT2D eigenvalue weighted by molar-refractivity contribution is 5.81. The number of ether oxygens (including phenoxy) is 1. The van der Waals surface area contributed by atoms with Gasteiger partial charge in [0.2, 0.25) is 5.91 Å². The van der Waals surface area contributed by atoms with E-state index in [1.54, 1.807) is 6.92 Å². The normalized spacial score (nSPS) is 13.2. The van der Waals surface area contributed by atoms with Gasteiger partial charge in [0.05, 0.1) is 0 Å². The van der Waals surface area contributed by atoms with Crippen LogP contribution >= 0.6 is 0 Å². The topological polar surface area (TPSA) is 95.9 Å². The van der Waals surface area contributed by atoms with Crippen molar-refractivity contribution in [2.45, 2.75) is 39.5 Å². The van der Waals surface area contributed by atoms with Crippen molar-refractivity contribution in [3.05, 3.63) is 59.7 Å². The van der Waals surface area contributed by atoms with E-state index in [1.807, 2.05) is 24.3 Å². The van der Waals surface area contributed by atoms with Crippen molar-refractivity contribution in [1.29, 1.82) is 0 Å². The number of aliphatic carboxylic acids is 1. The van der Waals surface area contributed by atoms with Crippen molar-refractivity contribution in [3.8, 4) is 11.1 Å². The van der Waals surface area contributed by atoms with E-state index in [0.29, 0.717) is 19.0 Å². The minimum atomic E-state index is -1.03. The molecule has 0 saturated carbocycles. The van der Waals surface area contributed by atoms with Gasteiger partial charge in [-0.05, 0) is 47.4 Å². The molecule has 0 aromatic heterocycles. The largest absolute Gasteiger partial charge is 0.480 e. The van der Waals surface area contributed by atoms with Gasteiger partial charge in [0.15, 0.2) is 0 Å². The van der Waals surface area contributed by atoms with Gasteiger partial charge in [-0.15, -0.1) is 0 Å². The van der Waals surface area contributed by atoms with Crippen LogP contribution in [0, 0.1) is 11.8 Å². The Balaban J connectivity index is 1.57. The van der Waals surface area contributed by atoms with Gasteiger partial charge in [-0.1, -0.05) is 62.4 Å². The van der Waals surface area contributed by atoms with Gasteiger partial charge in [-0.3, -0.25) is 9.59 Å². The molecule has 7 nitrogen and oxygen atoms in total. The highest BCUT2D eigenvalue weighted by atomic mass is 16.5. The lowest BCUT2D eigenvalue weighted by Gasteiger charge is -2.24. The molecule has 0 heterocycles. The van der Waals surface area contributed by atoms with Crippen molar-refractivity contribution in [1.82, 2.24) is 10.2 Å². The Labute approximate surface area is 201 Å². The minimum Gasteiger partial charge on any atom is -0.480 e. The quantitative estimate of drug-likeness (QED) is 0.508. The molecule has 0 radical (unpaired) electrons. The standard InChI is InChI=1S/C27H34N2O5/c1-4-29(16-26(31)32)25(30)14-19(13-18(2)3)15-28-27(33)34-17-24-22-11-7-5-9-20(22)21-10-6-8-12-23(21)24/h5-12,18-19,24H,4,13-17H2,1-3H3,(H,28,33)(H,31,32)/t19-/m0/s1. The van der Waals surface area contributed by atoms with E-state index in [1.165, 1.54) is 16.0 Å². The first-order chi connectivity index (χ1) is 16.3. The lowest BCUT2D eigenvalue weighted by molar-refractivity contribution is -0.144. The van der Waals surface area contributed by atoms with Crippen LogP contribution in [0.4, 0.5) is 4.79 Å². The number of rotatable bonds is 11. The third-order valence-electron chi connectivity index (χ3n) is 6.21. The number of carbonyl (C=O) groups is 3. The molecule has 0 unspecified atom stereocenters. The second kappa shape index (κ2) is 11.7. The van der Waals surface area contributed by atoms with Gasteiger partial charge in [-0.25, -0.2) is 4.79 Å². The number of nitrogens with zero attached hydrogens (tertiary/aromatic N) is 1. The van der Waals surface area contributed by atoms with E-state index < -0.39 is 12.1 Å². The van der Waals surface area contributed by atoms with Crippen LogP contribution in [0.2, 0.25) is 0 Å². The molecule has 0 spiro atoms. The molecule has 0 aliphatic heterocycles. The summed E-state index contributed by atoms with van der Waals surface area (Å²) in [6.07, 6.45) is 0.407. The van der Waals surface area contributed by atoms with Crippen LogP contribution in [0.1, 0.15) is 50.7 Å². The average molecular weight is 467 g/mol. The highest BCUT2D eigenvalue weighted by Gasteiger charge is 2.29. The molecule has 1 aliphatic carbocycles. The molecule has 0 bridgehead atoms. The van der Waals surface area contributed by atoms with Gasteiger partial charge in [0.1, 0.15) is 13.2 Å². The molecular weight excluding hydrogens is 432 g/mol. The Hall–Kier alpha value is -3.35. The van der Waals surface area contributed by atoms with E-state index in [4.69, 9.17) is 9.84 Å².